The van der Waals surface area contributed by atoms with Crippen molar-refractivity contribution >= 4 is 17.5 Å². The largest absolute Gasteiger partial charge is 0.392 e. The zero-order valence-corrected chi connectivity index (χ0v) is 23.7. The summed E-state index contributed by atoms with van der Waals surface area (Å²) in [6.45, 7) is 2.88. The molecule has 2 aliphatic rings. The number of carbonyl (C=O) groups excluding carboxylic acids is 2. The van der Waals surface area contributed by atoms with Crippen LogP contribution in [0.1, 0.15) is 74.8 Å². The molecular weight excluding hydrogens is 528 g/mol. The second kappa shape index (κ2) is 12.0. The number of likely N-dealkylation sites (N-methyl/N-ethyl adjacent to an activating group) is 1. The summed E-state index contributed by atoms with van der Waals surface area (Å²) in [6, 6.07) is 32.5. The first kappa shape index (κ1) is 28.0. The molecule has 6 rings (SSSR count). The molecule has 0 spiro atoms. The van der Waals surface area contributed by atoms with Crippen LogP contribution >= 0.6 is 0 Å². The minimum Gasteiger partial charge on any atom is -0.392 e. The van der Waals surface area contributed by atoms with E-state index in [1.807, 2.05) is 42.5 Å². The van der Waals surface area contributed by atoms with E-state index in [1.54, 1.807) is 36.4 Å². The highest BCUT2D eigenvalue weighted by Crippen LogP contribution is 2.39. The molecule has 7 heteroatoms. The predicted molar refractivity (Wildman–Crippen MR) is 160 cm³/mol. The van der Waals surface area contributed by atoms with Crippen LogP contribution in [0.2, 0.25) is 0 Å². The molecule has 2 amide bonds. The molecule has 0 aliphatic carbocycles. The number of benzene rings is 4. The molecule has 2 aliphatic heterocycles. The van der Waals surface area contributed by atoms with Gasteiger partial charge in [0.25, 0.3) is 11.8 Å². The molecule has 0 saturated carbocycles. The number of aliphatic hydroxyl groups excluding tert-OH is 1. The van der Waals surface area contributed by atoms with Crippen molar-refractivity contribution in [3.8, 4) is 0 Å². The van der Waals surface area contributed by atoms with E-state index < -0.39 is 6.29 Å². The third-order valence-electron chi connectivity index (χ3n) is 8.27. The summed E-state index contributed by atoms with van der Waals surface area (Å²) < 4.78 is 13.0. The van der Waals surface area contributed by atoms with Gasteiger partial charge in [-0.05, 0) is 54.9 Å². The Bertz CT molecular complexity index is 1520. The summed E-state index contributed by atoms with van der Waals surface area (Å²) in [5, 5.41) is 9.50. The molecule has 214 valence electrons. The molecule has 2 heterocycles. The minimum absolute atomic E-state index is 0.0121. The van der Waals surface area contributed by atoms with Gasteiger partial charge in [0.15, 0.2) is 6.29 Å². The fourth-order valence-electron chi connectivity index (χ4n) is 5.70. The molecule has 1 saturated heterocycles. The molecule has 4 atom stereocenters. The lowest BCUT2D eigenvalue weighted by Crippen LogP contribution is -2.38. The van der Waals surface area contributed by atoms with E-state index in [9.17, 15) is 14.7 Å². The molecule has 42 heavy (non-hydrogen) atoms. The Morgan fingerprint density at radius 1 is 0.810 bits per heavy atom. The average molecular weight is 563 g/mol. The van der Waals surface area contributed by atoms with Crippen molar-refractivity contribution in [3.63, 3.8) is 0 Å². The van der Waals surface area contributed by atoms with Gasteiger partial charge in [-0.1, -0.05) is 78.9 Å². The highest BCUT2D eigenvalue weighted by molar-refractivity contribution is 6.34. The van der Waals surface area contributed by atoms with Gasteiger partial charge in [0.1, 0.15) is 0 Å². The highest BCUT2D eigenvalue weighted by Gasteiger charge is 2.37. The lowest BCUT2D eigenvalue weighted by atomic mass is 9.99. The van der Waals surface area contributed by atoms with Crippen molar-refractivity contribution in [2.24, 2.45) is 0 Å². The van der Waals surface area contributed by atoms with E-state index in [-0.39, 0.29) is 36.7 Å². The van der Waals surface area contributed by atoms with Crippen molar-refractivity contribution in [1.29, 1.82) is 0 Å². The molecule has 0 bridgehead atoms. The van der Waals surface area contributed by atoms with Crippen LogP contribution in [0.25, 0.3) is 0 Å². The van der Waals surface area contributed by atoms with Crippen LogP contribution in [0.3, 0.4) is 0 Å². The van der Waals surface area contributed by atoms with Gasteiger partial charge in [-0.2, -0.15) is 0 Å². The molecule has 4 aromatic carbocycles. The van der Waals surface area contributed by atoms with Crippen LogP contribution in [-0.2, 0) is 16.1 Å². The number of fused-ring (bicyclic) bond motifs is 1. The first-order chi connectivity index (χ1) is 20.4. The van der Waals surface area contributed by atoms with Crippen molar-refractivity contribution in [1.82, 2.24) is 4.90 Å². The quantitative estimate of drug-likeness (QED) is 0.257. The third kappa shape index (κ3) is 5.52. The summed E-state index contributed by atoms with van der Waals surface area (Å²) >= 11 is 0. The minimum atomic E-state index is -0.636. The number of carbonyl (C=O) groups is 2. The fraction of sp³-hybridized carbons (Fsp3) is 0.257. The van der Waals surface area contributed by atoms with Crippen LogP contribution in [0, 0.1) is 0 Å². The number of nitrogens with zero attached hydrogens (tertiary/aromatic N) is 2. The van der Waals surface area contributed by atoms with Gasteiger partial charge in [-0.15, -0.1) is 0 Å². The van der Waals surface area contributed by atoms with E-state index in [0.717, 1.165) is 16.7 Å². The normalized spacial score (nSPS) is 21.0. The summed E-state index contributed by atoms with van der Waals surface area (Å²) in [4.78, 5) is 29.5. The van der Waals surface area contributed by atoms with E-state index in [1.165, 1.54) is 10.5 Å². The molecule has 0 aromatic heterocycles. The van der Waals surface area contributed by atoms with Crippen molar-refractivity contribution < 1.29 is 24.2 Å². The van der Waals surface area contributed by atoms with E-state index in [0.29, 0.717) is 29.8 Å². The maximum absolute atomic E-state index is 13.0. The second-order valence-corrected chi connectivity index (χ2v) is 11.0. The van der Waals surface area contributed by atoms with E-state index in [4.69, 9.17) is 9.47 Å². The Balaban J connectivity index is 1.23. The number of amides is 2. The molecule has 1 fully saturated rings. The number of ether oxygens (including phenoxy) is 2. The standard InChI is InChI=1S/C35H34N2O5/c1-23(25-8-4-3-5-9-25)36(2)21-29-20-32(26-14-12-24(22-38)13-15-26)42-35(41-29)27-16-18-28(19-17-27)37-33(39)30-10-6-7-11-31(30)34(37)40/h3-19,23,29,32,35,38H,20-22H2,1-2H3/t23-,29+,32-,35-/m0/s1. The Hall–Kier alpha value is -4.14. The molecule has 0 radical (unpaired) electrons. The van der Waals surface area contributed by atoms with Crippen LogP contribution in [-0.4, -0.2) is 41.5 Å². The maximum Gasteiger partial charge on any atom is 0.266 e. The molecule has 4 aromatic rings. The summed E-state index contributed by atoms with van der Waals surface area (Å²) in [5.41, 5.74) is 5.24. The highest BCUT2D eigenvalue weighted by atomic mass is 16.7. The first-order valence-electron chi connectivity index (χ1n) is 14.3. The van der Waals surface area contributed by atoms with Crippen LogP contribution in [0.4, 0.5) is 5.69 Å². The lowest BCUT2D eigenvalue weighted by molar-refractivity contribution is -0.253. The Morgan fingerprint density at radius 3 is 2.02 bits per heavy atom. The maximum atomic E-state index is 13.0. The molecule has 0 unspecified atom stereocenters. The first-order valence-corrected chi connectivity index (χ1v) is 14.3. The van der Waals surface area contributed by atoms with Gasteiger partial charge in [0, 0.05) is 24.6 Å². The zero-order chi connectivity index (χ0) is 29.2. The van der Waals surface area contributed by atoms with Crippen molar-refractivity contribution in [2.75, 3.05) is 18.5 Å². The predicted octanol–water partition coefficient (Wildman–Crippen LogP) is 6.22. The van der Waals surface area contributed by atoms with Gasteiger partial charge in [-0.3, -0.25) is 14.5 Å². The fourth-order valence-corrected chi connectivity index (χ4v) is 5.70. The van der Waals surface area contributed by atoms with Crippen LogP contribution in [0.15, 0.2) is 103 Å². The number of aliphatic hydroxyl groups is 1. The number of rotatable bonds is 8. The van der Waals surface area contributed by atoms with Gasteiger partial charge in [0.05, 0.1) is 35.6 Å². The van der Waals surface area contributed by atoms with E-state index >= 15 is 0 Å². The number of hydrogen-bond donors (Lipinski definition) is 1. The van der Waals surface area contributed by atoms with Gasteiger partial charge < -0.3 is 14.6 Å². The third-order valence-corrected chi connectivity index (χ3v) is 8.27. The van der Waals surface area contributed by atoms with Crippen molar-refractivity contribution in [3.05, 3.63) is 137 Å². The van der Waals surface area contributed by atoms with Crippen molar-refractivity contribution in [2.45, 2.75) is 44.5 Å². The summed E-state index contributed by atoms with van der Waals surface area (Å²) in [7, 11) is 2.10. The Morgan fingerprint density at radius 2 is 1.40 bits per heavy atom. The van der Waals surface area contributed by atoms with Crippen LogP contribution < -0.4 is 4.90 Å². The molecule has 7 nitrogen and oxygen atoms in total. The van der Waals surface area contributed by atoms with Crippen LogP contribution in [0.5, 0.6) is 0 Å². The average Bonchev–Trinajstić information content (AvgIpc) is 3.30. The van der Waals surface area contributed by atoms with E-state index in [2.05, 4.69) is 43.1 Å². The summed E-state index contributed by atoms with van der Waals surface area (Å²) in [5.74, 6) is -0.647. The number of hydrogen-bond acceptors (Lipinski definition) is 6. The zero-order valence-electron chi connectivity index (χ0n) is 23.7. The topological polar surface area (TPSA) is 79.3 Å². The summed E-state index contributed by atoms with van der Waals surface area (Å²) in [6.07, 6.45) is -0.285. The van der Waals surface area contributed by atoms with Gasteiger partial charge in [0.2, 0.25) is 0 Å². The number of imide groups is 1. The Labute approximate surface area is 245 Å². The number of anilines is 1. The second-order valence-electron chi connectivity index (χ2n) is 11.0. The van der Waals surface area contributed by atoms with Gasteiger partial charge >= 0.3 is 0 Å². The molecule has 1 N–H and O–H groups in total. The van der Waals surface area contributed by atoms with Gasteiger partial charge in [-0.25, -0.2) is 4.90 Å². The smallest absolute Gasteiger partial charge is 0.266 e. The molecular formula is C35H34N2O5. The lowest BCUT2D eigenvalue weighted by Gasteiger charge is -2.39. The monoisotopic (exact) mass is 562 g/mol. The Kier molecular flexibility index (Phi) is 8.00. The SMILES string of the molecule is C[C@@H](c1ccccc1)N(C)C[C@H]1C[C@@H](c2ccc(CO)cc2)O[C@@H](c2ccc(N3C(=O)c4ccccc4C3=O)cc2)O1.